The molecule has 0 aromatic heterocycles. The van der Waals surface area contributed by atoms with E-state index in [0.717, 1.165) is 17.0 Å². The van der Waals surface area contributed by atoms with Gasteiger partial charge in [-0.2, -0.15) is 0 Å². The molecule has 7 heteroatoms. The molecule has 0 fully saturated rings. The van der Waals surface area contributed by atoms with Crippen molar-refractivity contribution in [1.29, 1.82) is 0 Å². The summed E-state index contributed by atoms with van der Waals surface area (Å²) in [4.78, 5) is 16.2. The van der Waals surface area contributed by atoms with Crippen molar-refractivity contribution in [2.24, 2.45) is 5.73 Å². The summed E-state index contributed by atoms with van der Waals surface area (Å²) >= 11 is 11.8. The number of benzene rings is 1. The summed E-state index contributed by atoms with van der Waals surface area (Å²) in [6.07, 6.45) is 0.474. The van der Waals surface area contributed by atoms with E-state index < -0.39 is 6.04 Å². The van der Waals surface area contributed by atoms with Gasteiger partial charge in [0.05, 0.1) is 18.8 Å². The van der Waals surface area contributed by atoms with Crippen molar-refractivity contribution in [2.75, 3.05) is 49.9 Å². The normalized spacial score (nSPS) is 11.9. The van der Waals surface area contributed by atoms with Gasteiger partial charge < -0.3 is 20.3 Å². The van der Waals surface area contributed by atoms with Crippen LogP contribution in [-0.4, -0.2) is 61.9 Å². The Morgan fingerprint density at radius 2 is 1.80 bits per heavy atom. The Hall–Kier alpha value is -1.17. The fourth-order valence-electron chi connectivity index (χ4n) is 2.78. The molecule has 0 saturated carbocycles. The van der Waals surface area contributed by atoms with Crippen LogP contribution < -0.4 is 15.4 Å². The first-order chi connectivity index (χ1) is 12.0. The zero-order chi connectivity index (χ0) is 18.8. The van der Waals surface area contributed by atoms with Crippen LogP contribution in [0.1, 0.15) is 19.4 Å². The van der Waals surface area contributed by atoms with Crippen LogP contribution in [0.2, 0.25) is 0 Å². The zero-order valence-electron chi connectivity index (χ0n) is 15.3. The summed E-state index contributed by atoms with van der Waals surface area (Å²) in [6, 6.07) is 5.29. The molecule has 1 aromatic rings. The Bertz CT molecular complexity index is 533. The zero-order valence-corrected chi connectivity index (χ0v) is 16.8. The maximum atomic E-state index is 12.4. The van der Waals surface area contributed by atoms with Crippen LogP contribution >= 0.6 is 23.2 Å². The number of nitrogens with two attached hydrogens (primary N) is 1. The minimum Gasteiger partial charge on any atom is -0.495 e. The van der Waals surface area contributed by atoms with Crippen LogP contribution in [-0.2, 0) is 11.2 Å². The number of amides is 1. The van der Waals surface area contributed by atoms with E-state index in [4.69, 9.17) is 33.7 Å². The lowest BCUT2D eigenvalue weighted by Gasteiger charge is -2.26. The lowest BCUT2D eigenvalue weighted by atomic mass is 10.0. The smallest absolute Gasteiger partial charge is 0.239 e. The number of anilines is 1. The van der Waals surface area contributed by atoms with Crippen LogP contribution in [0.25, 0.3) is 0 Å². The number of halogens is 2. The van der Waals surface area contributed by atoms with Crippen molar-refractivity contribution >= 4 is 34.8 Å². The molecule has 1 unspecified atom stereocenters. The van der Waals surface area contributed by atoms with Crippen molar-refractivity contribution in [3.8, 4) is 5.75 Å². The number of likely N-dealkylation sites (N-methyl/N-ethyl adjacent to an activating group) is 1. The molecule has 0 radical (unpaired) electrons. The van der Waals surface area contributed by atoms with Crippen LogP contribution in [0.4, 0.5) is 5.69 Å². The topological polar surface area (TPSA) is 58.8 Å². The summed E-state index contributed by atoms with van der Waals surface area (Å²) in [7, 11) is 1.63. The Balaban J connectivity index is 3.01. The molecule has 0 spiro atoms. The van der Waals surface area contributed by atoms with Gasteiger partial charge in [0, 0.05) is 37.9 Å². The molecular weight excluding hydrogens is 361 g/mol. The molecule has 1 aromatic carbocycles. The predicted octanol–water partition coefficient (Wildman–Crippen LogP) is 2.72. The van der Waals surface area contributed by atoms with Gasteiger partial charge in [-0.25, -0.2) is 0 Å². The van der Waals surface area contributed by atoms with Gasteiger partial charge in [-0.05, 0) is 38.0 Å². The quantitative estimate of drug-likeness (QED) is 0.591. The third-order valence-electron chi connectivity index (χ3n) is 4.14. The fraction of sp³-hybridized carbons (Fsp3) is 0.611. The van der Waals surface area contributed by atoms with Gasteiger partial charge in [0.2, 0.25) is 5.91 Å². The number of carbonyl (C=O) groups is 1. The summed E-state index contributed by atoms with van der Waals surface area (Å²) in [5.74, 6) is 1.71. The van der Waals surface area contributed by atoms with Crippen molar-refractivity contribution in [1.82, 2.24) is 4.90 Å². The number of ether oxygens (including phenoxy) is 1. The third-order valence-corrected chi connectivity index (χ3v) is 4.48. The van der Waals surface area contributed by atoms with Crippen LogP contribution in [0.15, 0.2) is 18.2 Å². The lowest BCUT2D eigenvalue weighted by Crippen LogP contribution is -2.44. The molecule has 0 saturated heterocycles. The van der Waals surface area contributed by atoms with E-state index in [-0.39, 0.29) is 5.91 Å². The van der Waals surface area contributed by atoms with Gasteiger partial charge in [0.25, 0.3) is 0 Å². The highest BCUT2D eigenvalue weighted by atomic mass is 35.5. The van der Waals surface area contributed by atoms with Crippen LogP contribution in [0.5, 0.6) is 5.75 Å². The molecule has 2 N–H and O–H groups in total. The molecule has 1 rings (SSSR count). The monoisotopic (exact) mass is 389 g/mol. The molecule has 5 nitrogen and oxygen atoms in total. The van der Waals surface area contributed by atoms with Crippen LogP contribution in [0.3, 0.4) is 0 Å². The van der Waals surface area contributed by atoms with E-state index in [2.05, 4.69) is 4.90 Å². The van der Waals surface area contributed by atoms with Gasteiger partial charge in [-0.3, -0.25) is 4.79 Å². The average molecular weight is 390 g/mol. The molecule has 1 amide bonds. The third kappa shape index (κ3) is 6.24. The van der Waals surface area contributed by atoms with Gasteiger partial charge in [0.15, 0.2) is 0 Å². The molecule has 0 heterocycles. The van der Waals surface area contributed by atoms with Crippen molar-refractivity contribution in [3.05, 3.63) is 23.8 Å². The van der Waals surface area contributed by atoms with Crippen LogP contribution in [0, 0.1) is 0 Å². The first-order valence-corrected chi connectivity index (χ1v) is 9.67. The Morgan fingerprint density at radius 3 is 2.28 bits per heavy atom. The largest absolute Gasteiger partial charge is 0.495 e. The first-order valence-electron chi connectivity index (χ1n) is 8.60. The Labute approximate surface area is 161 Å². The summed E-state index contributed by atoms with van der Waals surface area (Å²) in [6.45, 7) is 6.56. The lowest BCUT2D eigenvalue weighted by molar-refractivity contribution is -0.132. The van der Waals surface area contributed by atoms with Crippen molar-refractivity contribution < 1.29 is 9.53 Å². The maximum Gasteiger partial charge on any atom is 0.239 e. The van der Waals surface area contributed by atoms with E-state index in [1.165, 1.54) is 0 Å². The minimum absolute atomic E-state index is 0.0271. The van der Waals surface area contributed by atoms with E-state index in [1.54, 1.807) is 12.0 Å². The van der Waals surface area contributed by atoms with Gasteiger partial charge >= 0.3 is 0 Å². The second kappa shape index (κ2) is 11.4. The van der Waals surface area contributed by atoms with Gasteiger partial charge in [-0.15, -0.1) is 23.2 Å². The SMILES string of the molecule is CCN(CC)C(=O)C(N)Cc1ccc(OC)c(N(CCCl)CCCl)c1. The van der Waals surface area contributed by atoms with E-state index in [0.29, 0.717) is 44.4 Å². The predicted molar refractivity (Wildman–Crippen MR) is 106 cm³/mol. The maximum absolute atomic E-state index is 12.4. The number of hydrogen-bond donors (Lipinski definition) is 1. The summed E-state index contributed by atoms with van der Waals surface area (Å²) in [5, 5.41) is 0. The summed E-state index contributed by atoms with van der Waals surface area (Å²) in [5.41, 5.74) is 8.04. The number of rotatable bonds is 11. The number of methoxy groups -OCH3 is 1. The van der Waals surface area contributed by atoms with Gasteiger partial charge in [0.1, 0.15) is 5.75 Å². The minimum atomic E-state index is -0.560. The van der Waals surface area contributed by atoms with Crippen molar-refractivity contribution in [3.63, 3.8) is 0 Å². The first kappa shape index (κ1) is 21.9. The molecule has 0 aliphatic heterocycles. The molecule has 0 aliphatic carbocycles. The average Bonchev–Trinajstić information content (AvgIpc) is 2.62. The highest BCUT2D eigenvalue weighted by Gasteiger charge is 2.20. The number of carbonyl (C=O) groups excluding carboxylic acids is 1. The van der Waals surface area contributed by atoms with Gasteiger partial charge in [-0.1, -0.05) is 6.07 Å². The van der Waals surface area contributed by atoms with E-state index in [9.17, 15) is 4.79 Å². The highest BCUT2D eigenvalue weighted by Crippen LogP contribution is 2.30. The molecule has 142 valence electrons. The Kier molecular flexibility index (Phi) is 10.0. The molecule has 25 heavy (non-hydrogen) atoms. The highest BCUT2D eigenvalue weighted by molar-refractivity contribution is 6.18. The van der Waals surface area contributed by atoms with E-state index >= 15 is 0 Å². The number of alkyl halides is 2. The van der Waals surface area contributed by atoms with E-state index in [1.807, 2.05) is 32.0 Å². The molecule has 1 atom stereocenters. The standard InChI is InChI=1S/C18H29Cl2N3O2/c1-4-22(5-2)18(24)15(21)12-14-6-7-17(25-3)16(13-14)23(10-8-19)11-9-20/h6-7,13,15H,4-5,8-12,21H2,1-3H3. The number of hydrogen-bond acceptors (Lipinski definition) is 4. The summed E-state index contributed by atoms with van der Waals surface area (Å²) < 4.78 is 5.47. The second-order valence-electron chi connectivity index (χ2n) is 5.69. The fourth-order valence-corrected chi connectivity index (χ4v) is 3.19. The number of nitrogens with zero attached hydrogens (tertiary/aromatic N) is 2. The van der Waals surface area contributed by atoms with Crippen molar-refractivity contribution in [2.45, 2.75) is 26.3 Å². The molecule has 0 aliphatic rings. The Morgan fingerprint density at radius 1 is 1.20 bits per heavy atom. The molecule has 0 bridgehead atoms. The second-order valence-corrected chi connectivity index (χ2v) is 6.45. The molecular formula is C18H29Cl2N3O2.